The van der Waals surface area contributed by atoms with Crippen molar-refractivity contribution in [3.63, 3.8) is 0 Å². The first-order chi connectivity index (χ1) is 13.7. The molecule has 3 N–H and O–H groups in total. The fraction of sp³-hybridized carbons (Fsp3) is 0.333. The van der Waals surface area contributed by atoms with Crippen LogP contribution in [0.5, 0.6) is 11.5 Å². The van der Waals surface area contributed by atoms with Crippen molar-refractivity contribution in [1.82, 2.24) is 24.8 Å². The second kappa shape index (κ2) is 7.99. The maximum atomic E-state index is 11.8. The van der Waals surface area contributed by atoms with Crippen LogP contribution in [0.15, 0.2) is 30.9 Å². The third kappa shape index (κ3) is 3.90. The van der Waals surface area contributed by atoms with Gasteiger partial charge in [0.1, 0.15) is 11.8 Å². The minimum Gasteiger partial charge on any atom is -0.454 e. The lowest BCUT2D eigenvalue weighted by molar-refractivity contribution is 0.143. The molecule has 0 aliphatic carbocycles. The minimum atomic E-state index is -0.453. The van der Waals surface area contributed by atoms with Gasteiger partial charge in [-0.05, 0) is 30.5 Å². The van der Waals surface area contributed by atoms with Gasteiger partial charge < -0.3 is 29.8 Å². The van der Waals surface area contributed by atoms with E-state index in [1.54, 1.807) is 6.33 Å². The summed E-state index contributed by atoms with van der Waals surface area (Å²) in [6.45, 7) is 1.62. The van der Waals surface area contributed by atoms with Crippen LogP contribution in [0.1, 0.15) is 18.4 Å². The molecule has 4 rings (SSSR count). The van der Waals surface area contributed by atoms with Crippen molar-refractivity contribution in [2.75, 3.05) is 19.1 Å². The number of unbranched alkanes of at least 4 members (excludes halogenated alkanes) is 1. The monoisotopic (exact) mass is 384 g/mol. The molecule has 0 atom stereocenters. The summed E-state index contributed by atoms with van der Waals surface area (Å²) in [7, 11) is 0. The number of amides is 1. The quantitative estimate of drug-likeness (QED) is 0.591. The summed E-state index contributed by atoms with van der Waals surface area (Å²) in [5.74, 6) is 1.77. The van der Waals surface area contributed by atoms with E-state index in [1.165, 1.54) is 6.33 Å². The van der Waals surface area contributed by atoms with Gasteiger partial charge in [0, 0.05) is 13.1 Å². The number of carbonyl (C=O) groups excluding carboxylic acids is 1. The normalized spacial score (nSPS) is 12.3. The molecule has 1 aliphatic heterocycles. The van der Waals surface area contributed by atoms with Crippen LogP contribution in [-0.2, 0) is 17.8 Å². The van der Waals surface area contributed by atoms with Gasteiger partial charge in [-0.2, -0.15) is 0 Å². The van der Waals surface area contributed by atoms with Crippen molar-refractivity contribution < 1.29 is 19.0 Å². The molecule has 0 spiro atoms. The smallest absolute Gasteiger partial charge is 0.407 e. The molecule has 0 saturated heterocycles. The number of anilines is 1. The second-order valence-electron chi connectivity index (χ2n) is 6.25. The zero-order valence-electron chi connectivity index (χ0n) is 15.1. The van der Waals surface area contributed by atoms with Gasteiger partial charge >= 0.3 is 6.09 Å². The molecule has 1 aromatic carbocycles. The number of aromatic nitrogens is 4. The van der Waals surface area contributed by atoms with Crippen LogP contribution < -0.4 is 20.5 Å². The number of hydrogen-bond donors (Lipinski definition) is 2. The Hall–Kier alpha value is -3.56. The third-order valence-electron chi connectivity index (χ3n) is 4.33. The molecule has 10 heteroatoms. The molecule has 0 fully saturated rings. The van der Waals surface area contributed by atoms with E-state index in [0.29, 0.717) is 48.2 Å². The van der Waals surface area contributed by atoms with Crippen LogP contribution in [0.2, 0.25) is 0 Å². The van der Waals surface area contributed by atoms with Crippen molar-refractivity contribution in [3.05, 3.63) is 36.4 Å². The zero-order chi connectivity index (χ0) is 19.3. The molecular weight excluding hydrogens is 364 g/mol. The fourth-order valence-electron chi connectivity index (χ4n) is 2.89. The summed E-state index contributed by atoms with van der Waals surface area (Å²) in [6.07, 6.45) is 4.19. The number of nitrogens with one attached hydrogen (secondary N) is 1. The van der Waals surface area contributed by atoms with Gasteiger partial charge in [-0.25, -0.2) is 19.7 Å². The number of imidazole rings is 1. The number of nitrogens with zero attached hydrogens (tertiary/aromatic N) is 4. The van der Waals surface area contributed by atoms with E-state index >= 15 is 0 Å². The number of nitrogen functional groups attached to an aromatic ring is 1. The first-order valence-corrected chi connectivity index (χ1v) is 8.91. The number of nitrogens with two attached hydrogens (primary N) is 1. The molecule has 146 valence electrons. The van der Waals surface area contributed by atoms with Crippen molar-refractivity contribution in [2.45, 2.75) is 25.9 Å². The molecule has 0 unspecified atom stereocenters. The Bertz CT molecular complexity index is 989. The standard InChI is InChI=1S/C18H20N6O4/c19-16-15-17(22-9-21-16)24(10-23-15)5-1-2-6-26-18(25)20-8-12-3-4-13-14(7-12)28-11-27-13/h3-4,7,9-10H,1-2,5-6,8,11H2,(H,20,25)(H2,19,21,22). The summed E-state index contributed by atoms with van der Waals surface area (Å²) < 4.78 is 17.7. The van der Waals surface area contributed by atoms with Gasteiger partial charge in [0.15, 0.2) is 23.0 Å². The maximum absolute atomic E-state index is 11.8. The highest BCUT2D eigenvalue weighted by atomic mass is 16.7. The molecular formula is C18H20N6O4. The van der Waals surface area contributed by atoms with Crippen LogP contribution in [-0.4, -0.2) is 39.0 Å². The van der Waals surface area contributed by atoms with Gasteiger partial charge in [0.2, 0.25) is 6.79 Å². The summed E-state index contributed by atoms with van der Waals surface area (Å²) in [5, 5.41) is 2.72. The van der Waals surface area contributed by atoms with E-state index in [1.807, 2.05) is 22.8 Å². The van der Waals surface area contributed by atoms with Gasteiger partial charge in [0.25, 0.3) is 0 Å². The number of aryl methyl sites for hydroxylation is 1. The van der Waals surface area contributed by atoms with Crippen LogP contribution in [0.3, 0.4) is 0 Å². The van der Waals surface area contributed by atoms with Crippen molar-refractivity contribution in [3.8, 4) is 11.5 Å². The van der Waals surface area contributed by atoms with Crippen LogP contribution >= 0.6 is 0 Å². The third-order valence-corrected chi connectivity index (χ3v) is 4.33. The maximum Gasteiger partial charge on any atom is 0.407 e. The van der Waals surface area contributed by atoms with E-state index in [4.69, 9.17) is 19.9 Å². The lowest BCUT2D eigenvalue weighted by Gasteiger charge is -2.08. The Morgan fingerprint density at radius 3 is 3.04 bits per heavy atom. The number of hydrogen-bond acceptors (Lipinski definition) is 8. The van der Waals surface area contributed by atoms with Crippen molar-refractivity contribution in [1.29, 1.82) is 0 Å². The van der Waals surface area contributed by atoms with Crippen LogP contribution in [0, 0.1) is 0 Å². The van der Waals surface area contributed by atoms with Gasteiger partial charge in [0.05, 0.1) is 12.9 Å². The van der Waals surface area contributed by atoms with E-state index in [0.717, 1.165) is 18.4 Å². The zero-order valence-corrected chi connectivity index (χ0v) is 15.1. The minimum absolute atomic E-state index is 0.226. The Labute approximate surface area is 160 Å². The average molecular weight is 384 g/mol. The van der Waals surface area contributed by atoms with E-state index in [-0.39, 0.29) is 6.79 Å². The predicted molar refractivity (Wildman–Crippen MR) is 99.7 cm³/mol. The Morgan fingerprint density at radius 1 is 1.21 bits per heavy atom. The van der Waals surface area contributed by atoms with Crippen LogP contribution in [0.25, 0.3) is 11.2 Å². The Balaban J connectivity index is 1.16. The summed E-state index contributed by atoms with van der Waals surface area (Å²) in [5.41, 5.74) is 7.99. The van der Waals surface area contributed by atoms with Gasteiger partial charge in [-0.3, -0.25) is 0 Å². The number of fused-ring (bicyclic) bond motifs is 2. The lowest BCUT2D eigenvalue weighted by Crippen LogP contribution is -2.24. The number of carbonyl (C=O) groups is 1. The first kappa shape index (κ1) is 17.8. The molecule has 0 radical (unpaired) electrons. The largest absolute Gasteiger partial charge is 0.454 e. The molecule has 10 nitrogen and oxygen atoms in total. The van der Waals surface area contributed by atoms with Gasteiger partial charge in [-0.15, -0.1) is 0 Å². The highest BCUT2D eigenvalue weighted by Gasteiger charge is 2.13. The first-order valence-electron chi connectivity index (χ1n) is 8.91. The van der Waals surface area contributed by atoms with E-state index in [9.17, 15) is 4.79 Å². The fourth-order valence-corrected chi connectivity index (χ4v) is 2.89. The van der Waals surface area contributed by atoms with Crippen molar-refractivity contribution >= 4 is 23.1 Å². The Kier molecular flexibility index (Phi) is 5.09. The topological polar surface area (TPSA) is 126 Å². The van der Waals surface area contributed by atoms with E-state index in [2.05, 4.69) is 20.3 Å². The molecule has 28 heavy (non-hydrogen) atoms. The number of ether oxygens (including phenoxy) is 3. The molecule has 3 aromatic rings. The highest BCUT2D eigenvalue weighted by Crippen LogP contribution is 2.32. The molecule has 2 aromatic heterocycles. The molecule has 3 heterocycles. The second-order valence-corrected chi connectivity index (χ2v) is 6.25. The summed E-state index contributed by atoms with van der Waals surface area (Å²) in [6, 6.07) is 5.54. The Morgan fingerprint density at radius 2 is 2.11 bits per heavy atom. The summed E-state index contributed by atoms with van der Waals surface area (Å²) in [4.78, 5) is 24.2. The highest BCUT2D eigenvalue weighted by molar-refractivity contribution is 5.81. The van der Waals surface area contributed by atoms with Gasteiger partial charge in [-0.1, -0.05) is 6.07 Å². The molecule has 0 bridgehead atoms. The summed E-state index contributed by atoms with van der Waals surface area (Å²) >= 11 is 0. The lowest BCUT2D eigenvalue weighted by atomic mass is 10.2. The molecule has 1 amide bonds. The molecule has 1 aliphatic rings. The number of rotatable bonds is 7. The number of benzene rings is 1. The number of alkyl carbamates (subject to hydrolysis) is 1. The SMILES string of the molecule is Nc1ncnc2c1ncn2CCCCOC(=O)NCc1ccc2c(c1)OCO2. The van der Waals surface area contributed by atoms with Crippen molar-refractivity contribution in [2.24, 2.45) is 0 Å². The average Bonchev–Trinajstić information content (AvgIpc) is 3.33. The van der Waals surface area contributed by atoms with E-state index < -0.39 is 6.09 Å². The molecule has 0 saturated carbocycles. The van der Waals surface area contributed by atoms with Crippen LogP contribution in [0.4, 0.5) is 10.6 Å². The predicted octanol–water partition coefficient (Wildman–Crippen LogP) is 1.84.